The number of aromatic nitrogens is 1. The fourth-order valence-corrected chi connectivity index (χ4v) is 2.21. The molecule has 3 rings (SSSR count). The summed E-state index contributed by atoms with van der Waals surface area (Å²) in [5.74, 6) is -0.372. The lowest BCUT2D eigenvalue weighted by atomic mass is 10.0. The first-order valence-corrected chi connectivity index (χ1v) is 5.65. The SMILES string of the molecule is Fc1c(Cl)cccc1-c1cccc2[nH]ccc12. The van der Waals surface area contributed by atoms with Crippen LogP contribution >= 0.6 is 11.6 Å². The minimum absolute atomic E-state index is 0.148. The van der Waals surface area contributed by atoms with Gasteiger partial charge < -0.3 is 4.98 Å². The second-order valence-corrected chi connectivity index (χ2v) is 4.25. The highest BCUT2D eigenvalue weighted by atomic mass is 35.5. The van der Waals surface area contributed by atoms with E-state index in [1.165, 1.54) is 0 Å². The van der Waals surface area contributed by atoms with Crippen LogP contribution in [0.15, 0.2) is 48.7 Å². The Balaban J connectivity index is 2.34. The molecule has 0 radical (unpaired) electrons. The molecule has 1 heterocycles. The predicted octanol–water partition coefficient (Wildman–Crippen LogP) is 4.63. The molecule has 0 bridgehead atoms. The van der Waals surface area contributed by atoms with Gasteiger partial charge in [0.1, 0.15) is 5.82 Å². The molecule has 0 spiro atoms. The Morgan fingerprint density at radius 2 is 1.71 bits per heavy atom. The molecule has 17 heavy (non-hydrogen) atoms. The summed E-state index contributed by atoms with van der Waals surface area (Å²) < 4.78 is 14.0. The highest BCUT2D eigenvalue weighted by Crippen LogP contribution is 2.32. The molecule has 0 aliphatic rings. The third kappa shape index (κ3) is 1.61. The number of fused-ring (bicyclic) bond motifs is 1. The molecule has 0 fully saturated rings. The molecule has 0 unspecified atom stereocenters. The van der Waals surface area contributed by atoms with Crippen molar-refractivity contribution < 1.29 is 4.39 Å². The number of hydrogen-bond donors (Lipinski definition) is 1. The van der Waals surface area contributed by atoms with Crippen molar-refractivity contribution in [3.05, 3.63) is 59.5 Å². The fourth-order valence-electron chi connectivity index (χ4n) is 2.03. The van der Waals surface area contributed by atoms with Crippen LogP contribution in [0.2, 0.25) is 5.02 Å². The summed E-state index contributed by atoms with van der Waals surface area (Å²) in [6, 6.07) is 12.7. The van der Waals surface area contributed by atoms with Gasteiger partial charge in [0, 0.05) is 22.7 Å². The third-order valence-electron chi connectivity index (χ3n) is 2.84. The van der Waals surface area contributed by atoms with Gasteiger partial charge in [0.15, 0.2) is 0 Å². The molecule has 84 valence electrons. The Morgan fingerprint density at radius 1 is 0.941 bits per heavy atom. The summed E-state index contributed by atoms with van der Waals surface area (Å²) in [7, 11) is 0. The van der Waals surface area contributed by atoms with E-state index in [1.54, 1.807) is 18.2 Å². The lowest BCUT2D eigenvalue weighted by Gasteiger charge is -2.06. The van der Waals surface area contributed by atoms with Crippen molar-refractivity contribution in [2.45, 2.75) is 0 Å². The average Bonchev–Trinajstić information content (AvgIpc) is 2.81. The van der Waals surface area contributed by atoms with Crippen LogP contribution < -0.4 is 0 Å². The van der Waals surface area contributed by atoms with Crippen molar-refractivity contribution in [3.63, 3.8) is 0 Å². The molecule has 3 heteroatoms. The van der Waals surface area contributed by atoms with Gasteiger partial charge in [-0.05, 0) is 23.8 Å². The van der Waals surface area contributed by atoms with Crippen molar-refractivity contribution in [3.8, 4) is 11.1 Å². The minimum atomic E-state index is -0.372. The Bertz CT molecular complexity index is 688. The fraction of sp³-hybridized carbons (Fsp3) is 0. The summed E-state index contributed by atoms with van der Waals surface area (Å²) in [5, 5.41) is 1.14. The Hall–Kier alpha value is -1.80. The summed E-state index contributed by atoms with van der Waals surface area (Å²) in [5.41, 5.74) is 2.37. The van der Waals surface area contributed by atoms with Gasteiger partial charge in [-0.25, -0.2) is 4.39 Å². The second kappa shape index (κ2) is 3.90. The summed E-state index contributed by atoms with van der Waals surface area (Å²) in [6.07, 6.45) is 1.84. The lowest BCUT2D eigenvalue weighted by Crippen LogP contribution is -1.86. The van der Waals surface area contributed by atoms with Gasteiger partial charge in [0.2, 0.25) is 0 Å². The van der Waals surface area contributed by atoms with E-state index in [2.05, 4.69) is 4.98 Å². The molecule has 0 atom stereocenters. The smallest absolute Gasteiger partial charge is 0.149 e. The van der Waals surface area contributed by atoms with Gasteiger partial charge in [0.25, 0.3) is 0 Å². The molecule has 1 nitrogen and oxygen atoms in total. The van der Waals surface area contributed by atoms with Crippen molar-refractivity contribution in [1.29, 1.82) is 0 Å². The van der Waals surface area contributed by atoms with E-state index in [9.17, 15) is 4.39 Å². The molecular weight excluding hydrogens is 237 g/mol. The number of halogens is 2. The van der Waals surface area contributed by atoms with Crippen LogP contribution in [0.1, 0.15) is 0 Å². The maximum atomic E-state index is 14.0. The first kappa shape index (κ1) is 10.4. The number of hydrogen-bond acceptors (Lipinski definition) is 0. The number of aromatic amines is 1. The molecule has 2 aromatic carbocycles. The summed E-state index contributed by atoms with van der Waals surface area (Å²) in [6.45, 7) is 0. The highest BCUT2D eigenvalue weighted by Gasteiger charge is 2.11. The predicted molar refractivity (Wildman–Crippen MR) is 68.7 cm³/mol. The van der Waals surface area contributed by atoms with E-state index in [0.29, 0.717) is 5.56 Å². The molecule has 0 amide bonds. The van der Waals surface area contributed by atoms with E-state index < -0.39 is 0 Å². The Labute approximate surface area is 103 Å². The van der Waals surface area contributed by atoms with Crippen LogP contribution in [0.5, 0.6) is 0 Å². The zero-order chi connectivity index (χ0) is 11.8. The van der Waals surface area contributed by atoms with Gasteiger partial charge in [-0.3, -0.25) is 0 Å². The summed E-state index contributed by atoms with van der Waals surface area (Å²) >= 11 is 5.81. The van der Waals surface area contributed by atoms with Crippen molar-refractivity contribution >= 4 is 22.5 Å². The molecule has 1 aromatic heterocycles. The largest absolute Gasteiger partial charge is 0.361 e. The van der Waals surface area contributed by atoms with Crippen LogP contribution in [0.4, 0.5) is 4.39 Å². The monoisotopic (exact) mass is 245 g/mol. The Kier molecular flexibility index (Phi) is 2.37. The molecule has 0 saturated heterocycles. The maximum Gasteiger partial charge on any atom is 0.149 e. The van der Waals surface area contributed by atoms with Crippen molar-refractivity contribution in [2.24, 2.45) is 0 Å². The number of benzene rings is 2. The van der Waals surface area contributed by atoms with Gasteiger partial charge in [-0.15, -0.1) is 0 Å². The Morgan fingerprint density at radius 3 is 2.59 bits per heavy atom. The molecule has 0 aliphatic heterocycles. The van der Waals surface area contributed by atoms with Crippen LogP contribution in [-0.4, -0.2) is 4.98 Å². The molecule has 1 N–H and O–H groups in total. The highest BCUT2D eigenvalue weighted by molar-refractivity contribution is 6.31. The average molecular weight is 246 g/mol. The van der Waals surface area contributed by atoms with Crippen LogP contribution in [0.25, 0.3) is 22.0 Å². The van der Waals surface area contributed by atoms with Crippen LogP contribution in [0, 0.1) is 5.82 Å². The van der Waals surface area contributed by atoms with E-state index in [-0.39, 0.29) is 10.8 Å². The van der Waals surface area contributed by atoms with Gasteiger partial charge in [0.05, 0.1) is 5.02 Å². The first-order valence-electron chi connectivity index (χ1n) is 5.28. The van der Waals surface area contributed by atoms with E-state index in [4.69, 9.17) is 11.6 Å². The van der Waals surface area contributed by atoms with Crippen LogP contribution in [-0.2, 0) is 0 Å². The molecular formula is C14H9ClFN. The first-order chi connectivity index (χ1) is 8.27. The van der Waals surface area contributed by atoms with Gasteiger partial charge in [-0.2, -0.15) is 0 Å². The minimum Gasteiger partial charge on any atom is -0.361 e. The quantitative estimate of drug-likeness (QED) is 0.644. The normalized spacial score (nSPS) is 10.9. The van der Waals surface area contributed by atoms with E-state index >= 15 is 0 Å². The number of nitrogens with one attached hydrogen (secondary N) is 1. The van der Waals surface area contributed by atoms with Crippen LogP contribution in [0.3, 0.4) is 0 Å². The third-order valence-corrected chi connectivity index (χ3v) is 3.13. The molecule has 0 saturated carbocycles. The maximum absolute atomic E-state index is 14.0. The molecule has 3 aromatic rings. The molecule has 0 aliphatic carbocycles. The van der Waals surface area contributed by atoms with E-state index in [0.717, 1.165) is 16.5 Å². The standard InChI is InChI=1S/C14H9ClFN/c15-12-5-1-4-11(14(12)16)9-3-2-6-13-10(9)7-8-17-13/h1-8,17H. The lowest BCUT2D eigenvalue weighted by molar-refractivity contribution is 0.632. The van der Waals surface area contributed by atoms with Gasteiger partial charge >= 0.3 is 0 Å². The zero-order valence-corrected chi connectivity index (χ0v) is 9.63. The topological polar surface area (TPSA) is 15.8 Å². The summed E-state index contributed by atoms with van der Waals surface area (Å²) in [4.78, 5) is 3.11. The van der Waals surface area contributed by atoms with Crippen molar-refractivity contribution in [1.82, 2.24) is 4.98 Å². The number of rotatable bonds is 1. The number of H-pyrrole nitrogens is 1. The second-order valence-electron chi connectivity index (χ2n) is 3.85. The van der Waals surface area contributed by atoms with E-state index in [1.807, 2.05) is 30.5 Å². The van der Waals surface area contributed by atoms with Crippen molar-refractivity contribution in [2.75, 3.05) is 0 Å². The van der Waals surface area contributed by atoms with Gasteiger partial charge in [-0.1, -0.05) is 35.9 Å². The zero-order valence-electron chi connectivity index (χ0n) is 8.87.